The number of amides is 1. The summed E-state index contributed by atoms with van der Waals surface area (Å²) in [7, 11) is -3.41. The Labute approximate surface area is 91.5 Å². The van der Waals surface area contributed by atoms with Gasteiger partial charge < -0.3 is 0 Å². The van der Waals surface area contributed by atoms with E-state index in [1.807, 2.05) is 0 Å². The van der Waals surface area contributed by atoms with Crippen LogP contribution in [0.1, 0.15) is 33.1 Å². The van der Waals surface area contributed by atoms with Crippen LogP contribution in [0, 0.1) is 17.8 Å². The van der Waals surface area contributed by atoms with Gasteiger partial charge in [0.2, 0.25) is 15.9 Å². The minimum atomic E-state index is -3.41. The van der Waals surface area contributed by atoms with Crippen LogP contribution in [0.2, 0.25) is 0 Å². The monoisotopic (exact) mass is 233 g/mol. The average Bonchev–Trinajstić information content (AvgIpc) is 1.98. The van der Waals surface area contributed by atoms with E-state index in [-0.39, 0.29) is 11.8 Å². The molecule has 0 radical (unpaired) electrons. The lowest BCUT2D eigenvalue weighted by molar-refractivity contribution is -0.125. The van der Waals surface area contributed by atoms with Gasteiger partial charge in [0.1, 0.15) is 0 Å². The van der Waals surface area contributed by atoms with Crippen LogP contribution in [0.5, 0.6) is 0 Å². The summed E-state index contributed by atoms with van der Waals surface area (Å²) in [5, 5.41) is 0. The smallest absolute Gasteiger partial charge is 0.236 e. The zero-order chi connectivity index (χ0) is 11.6. The lowest BCUT2D eigenvalue weighted by atomic mass is 9.76. The zero-order valence-corrected chi connectivity index (χ0v) is 10.3. The number of hydrogen-bond acceptors (Lipinski definition) is 3. The lowest BCUT2D eigenvalue weighted by Crippen LogP contribution is -2.38. The molecule has 1 rings (SSSR count). The van der Waals surface area contributed by atoms with Gasteiger partial charge in [-0.15, -0.1) is 0 Å². The van der Waals surface area contributed by atoms with Gasteiger partial charge in [0, 0.05) is 5.92 Å². The van der Waals surface area contributed by atoms with Gasteiger partial charge in [-0.05, 0) is 31.1 Å². The molecule has 0 saturated heterocycles. The molecule has 1 aliphatic carbocycles. The highest BCUT2D eigenvalue weighted by Gasteiger charge is 2.29. The van der Waals surface area contributed by atoms with Gasteiger partial charge in [0.15, 0.2) is 0 Å². The second-order valence-electron chi connectivity index (χ2n) is 4.85. The van der Waals surface area contributed by atoms with E-state index in [1.54, 1.807) is 0 Å². The fourth-order valence-electron chi connectivity index (χ4n) is 2.43. The number of nitrogens with one attached hydrogen (secondary N) is 1. The summed E-state index contributed by atoms with van der Waals surface area (Å²) in [6.45, 7) is 4.22. The molecule has 5 heteroatoms. The molecule has 1 N–H and O–H groups in total. The number of hydrogen-bond donors (Lipinski definition) is 1. The first kappa shape index (κ1) is 12.5. The Kier molecular flexibility index (Phi) is 3.76. The van der Waals surface area contributed by atoms with Crippen molar-refractivity contribution in [3.8, 4) is 0 Å². The van der Waals surface area contributed by atoms with Gasteiger partial charge in [-0.25, -0.2) is 8.42 Å². The van der Waals surface area contributed by atoms with Gasteiger partial charge in [0.25, 0.3) is 0 Å². The molecule has 0 heterocycles. The first-order valence-corrected chi connectivity index (χ1v) is 7.18. The molecule has 0 spiro atoms. The van der Waals surface area contributed by atoms with Crippen LogP contribution in [-0.2, 0) is 14.8 Å². The van der Waals surface area contributed by atoms with Crippen LogP contribution in [-0.4, -0.2) is 20.6 Å². The van der Waals surface area contributed by atoms with Crippen LogP contribution >= 0.6 is 0 Å². The van der Waals surface area contributed by atoms with E-state index in [1.165, 1.54) is 0 Å². The molecule has 4 nitrogen and oxygen atoms in total. The summed E-state index contributed by atoms with van der Waals surface area (Å²) in [6.07, 6.45) is 3.74. The van der Waals surface area contributed by atoms with Crippen molar-refractivity contribution in [3.05, 3.63) is 0 Å². The predicted molar refractivity (Wildman–Crippen MR) is 58.7 cm³/mol. The molecular weight excluding hydrogens is 214 g/mol. The molecule has 1 aliphatic rings. The SMILES string of the molecule is CC1CC(C)CC(C(=O)NS(C)(=O)=O)C1. The molecule has 2 unspecified atom stereocenters. The maximum absolute atomic E-state index is 11.6. The summed E-state index contributed by atoms with van der Waals surface area (Å²) in [6, 6.07) is 0. The third-order valence-electron chi connectivity index (χ3n) is 2.84. The van der Waals surface area contributed by atoms with E-state index < -0.39 is 10.0 Å². The van der Waals surface area contributed by atoms with Crippen molar-refractivity contribution >= 4 is 15.9 Å². The Morgan fingerprint density at radius 3 is 2.00 bits per heavy atom. The Morgan fingerprint density at radius 1 is 1.13 bits per heavy atom. The Morgan fingerprint density at radius 2 is 1.60 bits per heavy atom. The maximum atomic E-state index is 11.6. The summed E-state index contributed by atoms with van der Waals surface area (Å²) >= 11 is 0. The predicted octanol–water partition coefficient (Wildman–Crippen LogP) is 1.13. The molecule has 0 aromatic rings. The van der Waals surface area contributed by atoms with E-state index in [0.29, 0.717) is 11.8 Å². The highest BCUT2D eigenvalue weighted by molar-refractivity contribution is 7.89. The largest absolute Gasteiger partial charge is 0.274 e. The molecular formula is C10H19NO3S. The van der Waals surface area contributed by atoms with Gasteiger partial charge in [-0.1, -0.05) is 13.8 Å². The Bertz CT molecular complexity index is 327. The number of carbonyl (C=O) groups is 1. The van der Waals surface area contributed by atoms with Crippen LogP contribution in [0.3, 0.4) is 0 Å². The van der Waals surface area contributed by atoms with Crippen molar-refractivity contribution in [3.63, 3.8) is 0 Å². The maximum Gasteiger partial charge on any atom is 0.236 e. The molecule has 1 saturated carbocycles. The minimum absolute atomic E-state index is 0.140. The van der Waals surface area contributed by atoms with Crippen molar-refractivity contribution in [2.75, 3.05) is 6.26 Å². The highest BCUT2D eigenvalue weighted by atomic mass is 32.2. The fraction of sp³-hybridized carbons (Fsp3) is 0.900. The zero-order valence-electron chi connectivity index (χ0n) is 9.49. The second kappa shape index (κ2) is 4.51. The van der Waals surface area contributed by atoms with Crippen LogP contribution < -0.4 is 4.72 Å². The van der Waals surface area contributed by atoms with Gasteiger partial charge in [0.05, 0.1) is 6.26 Å². The third-order valence-corrected chi connectivity index (χ3v) is 3.41. The highest BCUT2D eigenvalue weighted by Crippen LogP contribution is 2.32. The Balaban J connectivity index is 2.60. The molecule has 0 aromatic heterocycles. The molecule has 2 atom stereocenters. The van der Waals surface area contributed by atoms with Crippen molar-refractivity contribution in [2.45, 2.75) is 33.1 Å². The van der Waals surface area contributed by atoms with Crippen molar-refractivity contribution in [2.24, 2.45) is 17.8 Å². The van der Waals surface area contributed by atoms with E-state index in [2.05, 4.69) is 18.6 Å². The minimum Gasteiger partial charge on any atom is -0.274 e. The lowest BCUT2D eigenvalue weighted by Gasteiger charge is -2.30. The standard InChI is InChI=1S/C10H19NO3S/c1-7-4-8(2)6-9(5-7)10(12)11-15(3,13)14/h7-9H,4-6H2,1-3H3,(H,11,12). The molecule has 1 amide bonds. The number of carbonyl (C=O) groups excluding carboxylic acids is 1. The van der Waals surface area contributed by atoms with Crippen molar-refractivity contribution in [1.29, 1.82) is 0 Å². The summed E-state index contributed by atoms with van der Waals surface area (Å²) < 4.78 is 23.9. The number of rotatable bonds is 2. The third kappa shape index (κ3) is 4.20. The van der Waals surface area contributed by atoms with Gasteiger partial charge in [-0.3, -0.25) is 9.52 Å². The van der Waals surface area contributed by atoms with Crippen LogP contribution in [0.25, 0.3) is 0 Å². The molecule has 0 bridgehead atoms. The first-order valence-electron chi connectivity index (χ1n) is 5.29. The van der Waals surface area contributed by atoms with E-state index in [9.17, 15) is 13.2 Å². The number of sulfonamides is 1. The summed E-state index contributed by atoms with van der Waals surface area (Å²) in [5.41, 5.74) is 0. The van der Waals surface area contributed by atoms with E-state index >= 15 is 0 Å². The van der Waals surface area contributed by atoms with Gasteiger partial charge in [-0.2, -0.15) is 0 Å². The van der Waals surface area contributed by atoms with Crippen LogP contribution in [0.15, 0.2) is 0 Å². The molecule has 15 heavy (non-hydrogen) atoms. The summed E-state index contributed by atoms with van der Waals surface area (Å²) in [4.78, 5) is 11.6. The Hall–Kier alpha value is -0.580. The molecule has 0 aliphatic heterocycles. The van der Waals surface area contributed by atoms with Crippen molar-refractivity contribution < 1.29 is 13.2 Å². The second-order valence-corrected chi connectivity index (χ2v) is 6.60. The fourth-order valence-corrected chi connectivity index (χ4v) is 2.96. The average molecular weight is 233 g/mol. The van der Waals surface area contributed by atoms with Gasteiger partial charge >= 0.3 is 0 Å². The van der Waals surface area contributed by atoms with Crippen molar-refractivity contribution in [1.82, 2.24) is 4.72 Å². The normalized spacial score (nSPS) is 32.3. The van der Waals surface area contributed by atoms with E-state index in [0.717, 1.165) is 25.5 Å². The molecule has 88 valence electrons. The molecule has 0 aromatic carbocycles. The topological polar surface area (TPSA) is 63.2 Å². The van der Waals surface area contributed by atoms with Crippen LogP contribution in [0.4, 0.5) is 0 Å². The first-order chi connectivity index (χ1) is 6.78. The summed E-state index contributed by atoms with van der Waals surface area (Å²) in [5.74, 6) is 0.530. The van der Waals surface area contributed by atoms with E-state index in [4.69, 9.17) is 0 Å². The quantitative estimate of drug-likeness (QED) is 0.777. The molecule has 1 fully saturated rings.